The molecule has 0 fully saturated rings. The fourth-order valence-corrected chi connectivity index (χ4v) is 1.65. The molecule has 0 spiro atoms. The lowest BCUT2D eigenvalue weighted by atomic mass is 10.1. The first kappa shape index (κ1) is 9.99. The molecule has 0 heterocycles. The lowest BCUT2D eigenvalue weighted by molar-refractivity contribution is 0.723. The van der Waals surface area contributed by atoms with Gasteiger partial charge in [-0.2, -0.15) is 0 Å². The quantitative estimate of drug-likeness (QED) is 0.836. The van der Waals surface area contributed by atoms with Crippen molar-refractivity contribution in [1.82, 2.24) is 5.32 Å². The zero-order valence-electron chi connectivity index (χ0n) is 7.52. The summed E-state index contributed by atoms with van der Waals surface area (Å²) < 4.78 is 1.31. The zero-order chi connectivity index (χ0) is 8.97. The minimum atomic E-state index is 0.985. The van der Waals surface area contributed by atoms with Crippen molar-refractivity contribution in [2.45, 2.75) is 20.4 Å². The van der Waals surface area contributed by atoms with Gasteiger partial charge in [-0.1, -0.05) is 13.0 Å². The lowest BCUT2D eigenvalue weighted by Crippen LogP contribution is -2.12. The van der Waals surface area contributed by atoms with Gasteiger partial charge in [-0.3, -0.25) is 0 Å². The van der Waals surface area contributed by atoms with Gasteiger partial charge in [0.1, 0.15) is 0 Å². The Hall–Kier alpha value is -0.0900. The van der Waals surface area contributed by atoms with Crippen LogP contribution in [0.5, 0.6) is 0 Å². The van der Waals surface area contributed by atoms with E-state index in [9.17, 15) is 0 Å². The summed E-state index contributed by atoms with van der Waals surface area (Å²) in [4.78, 5) is 0. The molecule has 0 unspecified atom stereocenters. The van der Waals surface area contributed by atoms with Crippen LogP contribution < -0.4 is 5.32 Å². The Morgan fingerprint density at radius 2 is 2.17 bits per heavy atom. The van der Waals surface area contributed by atoms with Gasteiger partial charge >= 0.3 is 0 Å². The topological polar surface area (TPSA) is 12.0 Å². The molecular weight excluding hydrogens is 261 g/mol. The van der Waals surface area contributed by atoms with Crippen molar-refractivity contribution in [3.05, 3.63) is 32.9 Å². The molecule has 1 rings (SSSR count). The lowest BCUT2D eigenvalue weighted by Gasteiger charge is -2.06. The van der Waals surface area contributed by atoms with Gasteiger partial charge in [0.25, 0.3) is 0 Å². The molecular formula is C10H14IN. The monoisotopic (exact) mass is 275 g/mol. The van der Waals surface area contributed by atoms with E-state index in [1.807, 2.05) is 0 Å². The Morgan fingerprint density at radius 1 is 1.42 bits per heavy atom. The predicted octanol–water partition coefficient (Wildman–Crippen LogP) is 2.71. The summed E-state index contributed by atoms with van der Waals surface area (Å²) >= 11 is 2.35. The average molecular weight is 275 g/mol. The third-order valence-electron chi connectivity index (χ3n) is 1.88. The Labute approximate surface area is 87.7 Å². The van der Waals surface area contributed by atoms with Crippen molar-refractivity contribution in [2.75, 3.05) is 6.54 Å². The molecule has 1 aromatic carbocycles. The largest absolute Gasteiger partial charge is 0.313 e. The average Bonchev–Trinajstić information content (AvgIpc) is 2.07. The van der Waals surface area contributed by atoms with Crippen molar-refractivity contribution in [2.24, 2.45) is 0 Å². The van der Waals surface area contributed by atoms with Gasteiger partial charge in [0.05, 0.1) is 0 Å². The van der Waals surface area contributed by atoms with Crippen molar-refractivity contribution < 1.29 is 0 Å². The SMILES string of the molecule is CCNCc1cc(I)ccc1C. The van der Waals surface area contributed by atoms with Gasteiger partial charge in [0, 0.05) is 10.1 Å². The summed E-state index contributed by atoms with van der Waals surface area (Å²) in [5.41, 5.74) is 2.78. The summed E-state index contributed by atoms with van der Waals surface area (Å²) in [6, 6.07) is 6.55. The molecule has 0 saturated carbocycles. The van der Waals surface area contributed by atoms with Crippen LogP contribution in [0.15, 0.2) is 18.2 Å². The predicted molar refractivity (Wildman–Crippen MR) is 61.3 cm³/mol. The van der Waals surface area contributed by atoms with Gasteiger partial charge in [-0.05, 0) is 59.3 Å². The highest BCUT2D eigenvalue weighted by Crippen LogP contribution is 2.12. The number of nitrogens with one attached hydrogen (secondary N) is 1. The highest BCUT2D eigenvalue weighted by atomic mass is 127. The smallest absolute Gasteiger partial charge is 0.0208 e. The highest BCUT2D eigenvalue weighted by molar-refractivity contribution is 14.1. The zero-order valence-corrected chi connectivity index (χ0v) is 9.68. The van der Waals surface area contributed by atoms with E-state index in [2.05, 4.69) is 60.0 Å². The molecule has 1 nitrogen and oxygen atoms in total. The summed E-state index contributed by atoms with van der Waals surface area (Å²) in [5, 5.41) is 3.33. The van der Waals surface area contributed by atoms with E-state index >= 15 is 0 Å². The van der Waals surface area contributed by atoms with Crippen LogP contribution in [0, 0.1) is 10.5 Å². The van der Waals surface area contributed by atoms with E-state index in [0.29, 0.717) is 0 Å². The summed E-state index contributed by atoms with van der Waals surface area (Å²) in [6.07, 6.45) is 0. The summed E-state index contributed by atoms with van der Waals surface area (Å²) in [7, 11) is 0. The number of halogens is 1. The Balaban J connectivity index is 2.75. The molecule has 0 aliphatic rings. The first-order valence-electron chi connectivity index (χ1n) is 4.19. The minimum absolute atomic E-state index is 0.985. The molecule has 0 aliphatic carbocycles. The Morgan fingerprint density at radius 3 is 2.83 bits per heavy atom. The van der Waals surface area contributed by atoms with Gasteiger partial charge in [-0.15, -0.1) is 0 Å². The molecule has 1 N–H and O–H groups in total. The molecule has 1 aromatic rings. The fourth-order valence-electron chi connectivity index (χ4n) is 1.09. The van der Waals surface area contributed by atoms with Crippen LogP contribution in [0.4, 0.5) is 0 Å². The van der Waals surface area contributed by atoms with Crippen LogP contribution in [0.3, 0.4) is 0 Å². The maximum Gasteiger partial charge on any atom is 0.0208 e. The fraction of sp³-hybridized carbons (Fsp3) is 0.400. The number of rotatable bonds is 3. The van der Waals surface area contributed by atoms with Crippen molar-refractivity contribution >= 4 is 22.6 Å². The maximum atomic E-state index is 3.33. The standard InChI is InChI=1S/C10H14IN/c1-3-12-7-9-6-10(11)5-4-8(9)2/h4-6,12H,3,7H2,1-2H3. The van der Waals surface area contributed by atoms with Crippen LogP contribution in [-0.4, -0.2) is 6.54 Å². The second-order valence-electron chi connectivity index (χ2n) is 2.85. The molecule has 0 aromatic heterocycles. The summed E-state index contributed by atoms with van der Waals surface area (Å²) in [5.74, 6) is 0. The highest BCUT2D eigenvalue weighted by Gasteiger charge is 1.97. The van der Waals surface area contributed by atoms with Crippen LogP contribution >= 0.6 is 22.6 Å². The van der Waals surface area contributed by atoms with E-state index in [-0.39, 0.29) is 0 Å². The Kier molecular flexibility index (Phi) is 4.01. The van der Waals surface area contributed by atoms with Crippen LogP contribution in [0.25, 0.3) is 0 Å². The van der Waals surface area contributed by atoms with E-state index in [1.54, 1.807) is 0 Å². The van der Waals surface area contributed by atoms with Crippen LogP contribution in [0.1, 0.15) is 18.1 Å². The molecule has 12 heavy (non-hydrogen) atoms. The molecule has 0 aliphatic heterocycles. The number of hydrogen-bond acceptors (Lipinski definition) is 1. The summed E-state index contributed by atoms with van der Waals surface area (Å²) in [6.45, 7) is 6.30. The van der Waals surface area contributed by atoms with Crippen molar-refractivity contribution in [3.8, 4) is 0 Å². The molecule has 66 valence electrons. The maximum absolute atomic E-state index is 3.33. The van der Waals surface area contributed by atoms with Crippen LogP contribution in [-0.2, 0) is 6.54 Å². The first-order valence-corrected chi connectivity index (χ1v) is 5.27. The molecule has 0 amide bonds. The normalized spacial score (nSPS) is 10.2. The molecule has 0 bridgehead atoms. The second-order valence-corrected chi connectivity index (χ2v) is 4.10. The number of hydrogen-bond donors (Lipinski definition) is 1. The number of aryl methyl sites for hydroxylation is 1. The third-order valence-corrected chi connectivity index (χ3v) is 2.55. The first-order chi connectivity index (χ1) is 5.74. The van der Waals surface area contributed by atoms with Gasteiger partial charge < -0.3 is 5.32 Å². The van der Waals surface area contributed by atoms with Gasteiger partial charge in [0.15, 0.2) is 0 Å². The van der Waals surface area contributed by atoms with Gasteiger partial charge in [0.2, 0.25) is 0 Å². The van der Waals surface area contributed by atoms with E-state index < -0.39 is 0 Å². The van der Waals surface area contributed by atoms with E-state index in [0.717, 1.165) is 13.1 Å². The van der Waals surface area contributed by atoms with Crippen molar-refractivity contribution in [1.29, 1.82) is 0 Å². The van der Waals surface area contributed by atoms with Gasteiger partial charge in [-0.25, -0.2) is 0 Å². The van der Waals surface area contributed by atoms with E-state index in [1.165, 1.54) is 14.7 Å². The third kappa shape index (κ3) is 2.75. The number of benzene rings is 1. The minimum Gasteiger partial charge on any atom is -0.313 e. The second kappa shape index (κ2) is 4.82. The van der Waals surface area contributed by atoms with Crippen LogP contribution in [0.2, 0.25) is 0 Å². The molecule has 0 saturated heterocycles. The molecule has 2 heteroatoms. The molecule has 0 radical (unpaired) electrons. The Bertz CT molecular complexity index is 258. The molecule has 0 atom stereocenters. The van der Waals surface area contributed by atoms with Crippen molar-refractivity contribution in [3.63, 3.8) is 0 Å². The van der Waals surface area contributed by atoms with E-state index in [4.69, 9.17) is 0 Å².